The first kappa shape index (κ1) is 14.4. The molecule has 0 spiro atoms. The molecule has 0 radical (unpaired) electrons. The van der Waals surface area contributed by atoms with Crippen LogP contribution in [0.25, 0.3) is 0 Å². The van der Waals surface area contributed by atoms with Gasteiger partial charge in [-0.15, -0.1) is 0 Å². The minimum atomic E-state index is -0.178. The first-order valence-corrected chi connectivity index (χ1v) is 5.51. The van der Waals surface area contributed by atoms with Crippen LogP contribution in [-0.2, 0) is 4.74 Å². The Hall–Kier alpha value is -0.600. The van der Waals surface area contributed by atoms with Gasteiger partial charge in [0.1, 0.15) is 11.4 Å². The van der Waals surface area contributed by atoms with Gasteiger partial charge in [0.25, 0.3) is 0 Å². The van der Waals surface area contributed by atoms with Crippen LogP contribution in [-0.4, -0.2) is 12.7 Å². The van der Waals surface area contributed by atoms with E-state index < -0.39 is 0 Å². The predicted molar refractivity (Wildman–Crippen MR) is 62.6 cm³/mol. The molecule has 0 saturated heterocycles. The number of benzene rings is 1. The molecule has 3 heteroatoms. The molecule has 1 atom stereocenters. The Morgan fingerprint density at radius 1 is 1.33 bits per heavy atom. The van der Waals surface area contributed by atoms with E-state index in [2.05, 4.69) is 6.92 Å². The van der Waals surface area contributed by atoms with Crippen LogP contribution in [0.2, 0.25) is 0 Å². The van der Waals surface area contributed by atoms with Gasteiger partial charge >= 0.3 is 0 Å². The highest BCUT2D eigenvalue weighted by Gasteiger charge is 1.97. The number of rotatable bonds is 4. The molecular weight excluding hydrogens is 215 g/mol. The molecule has 0 aliphatic carbocycles. The molecule has 1 aromatic carbocycles. The summed E-state index contributed by atoms with van der Waals surface area (Å²) < 4.78 is 16.7. The molecule has 1 unspecified atom stereocenters. The van der Waals surface area contributed by atoms with Crippen molar-refractivity contribution >= 4 is 11.6 Å². The van der Waals surface area contributed by atoms with E-state index in [0.717, 1.165) is 12.8 Å². The van der Waals surface area contributed by atoms with Gasteiger partial charge in [-0.1, -0.05) is 43.1 Å². The largest absolute Gasteiger partial charge is 0.366 e. The highest BCUT2D eigenvalue weighted by atomic mass is 35.5. The summed E-state index contributed by atoms with van der Waals surface area (Å²) in [6, 6.07) is 7.94. The van der Waals surface area contributed by atoms with Crippen LogP contribution in [0, 0.1) is 5.82 Å². The minimum Gasteiger partial charge on any atom is -0.366 e. The SMILES string of the molecule is CCCCC(Cl)OC.Fc1ccccc1. The summed E-state index contributed by atoms with van der Waals surface area (Å²) in [4.78, 5) is 0. The number of methoxy groups -OCH3 is 1. The van der Waals surface area contributed by atoms with E-state index in [1.165, 1.54) is 18.6 Å². The van der Waals surface area contributed by atoms with Crippen LogP contribution >= 0.6 is 11.6 Å². The van der Waals surface area contributed by atoms with Gasteiger partial charge < -0.3 is 4.74 Å². The van der Waals surface area contributed by atoms with Gasteiger partial charge in [-0.3, -0.25) is 0 Å². The lowest BCUT2D eigenvalue weighted by Gasteiger charge is -2.03. The lowest BCUT2D eigenvalue weighted by molar-refractivity contribution is 0.158. The maximum atomic E-state index is 11.9. The zero-order valence-corrected chi connectivity index (χ0v) is 10.0. The molecule has 0 N–H and O–H groups in total. The van der Waals surface area contributed by atoms with Gasteiger partial charge in [-0.25, -0.2) is 4.39 Å². The Labute approximate surface area is 96.2 Å². The fourth-order valence-corrected chi connectivity index (χ4v) is 1.05. The minimum absolute atomic E-state index is 0.0741. The topological polar surface area (TPSA) is 9.23 Å². The summed E-state index contributed by atoms with van der Waals surface area (Å²) in [6.45, 7) is 2.14. The number of hydrogen-bond acceptors (Lipinski definition) is 1. The Balaban J connectivity index is 0.000000262. The summed E-state index contributed by atoms with van der Waals surface area (Å²) in [5.41, 5.74) is -0.0741. The van der Waals surface area contributed by atoms with Crippen molar-refractivity contribution in [2.75, 3.05) is 7.11 Å². The van der Waals surface area contributed by atoms with E-state index in [1.54, 1.807) is 25.3 Å². The summed E-state index contributed by atoms with van der Waals surface area (Å²) >= 11 is 5.62. The number of alkyl halides is 1. The molecular formula is C12H18ClFO. The van der Waals surface area contributed by atoms with Crippen molar-refractivity contribution in [2.45, 2.75) is 31.7 Å². The summed E-state index contributed by atoms with van der Waals surface area (Å²) in [5.74, 6) is -0.178. The molecule has 1 aromatic rings. The highest BCUT2D eigenvalue weighted by molar-refractivity contribution is 6.19. The average Bonchev–Trinajstić information content (AvgIpc) is 2.28. The van der Waals surface area contributed by atoms with Gasteiger partial charge in [0.05, 0.1) is 0 Å². The maximum Gasteiger partial charge on any atom is 0.130 e. The van der Waals surface area contributed by atoms with Crippen molar-refractivity contribution in [3.05, 3.63) is 36.1 Å². The third-order valence-electron chi connectivity index (χ3n) is 1.77. The molecule has 0 heterocycles. The summed E-state index contributed by atoms with van der Waals surface area (Å²) in [7, 11) is 1.63. The number of hydrogen-bond donors (Lipinski definition) is 0. The van der Waals surface area contributed by atoms with Gasteiger partial charge in [0, 0.05) is 7.11 Å². The highest BCUT2D eigenvalue weighted by Crippen LogP contribution is 2.06. The lowest BCUT2D eigenvalue weighted by atomic mass is 10.3. The second-order valence-corrected chi connectivity index (χ2v) is 3.57. The Morgan fingerprint density at radius 2 is 1.93 bits per heavy atom. The van der Waals surface area contributed by atoms with Crippen molar-refractivity contribution in [3.63, 3.8) is 0 Å². The van der Waals surface area contributed by atoms with Crippen molar-refractivity contribution in [1.82, 2.24) is 0 Å². The average molecular weight is 233 g/mol. The molecule has 1 nitrogen and oxygen atoms in total. The number of ether oxygens (including phenoxy) is 1. The van der Waals surface area contributed by atoms with E-state index in [1.807, 2.05) is 0 Å². The quantitative estimate of drug-likeness (QED) is 0.707. The fourth-order valence-electron chi connectivity index (χ4n) is 0.897. The van der Waals surface area contributed by atoms with Crippen LogP contribution < -0.4 is 0 Å². The zero-order valence-electron chi connectivity index (χ0n) is 9.25. The van der Waals surface area contributed by atoms with E-state index >= 15 is 0 Å². The van der Waals surface area contributed by atoms with E-state index in [0.29, 0.717) is 0 Å². The molecule has 0 saturated carbocycles. The second-order valence-electron chi connectivity index (χ2n) is 3.08. The predicted octanol–water partition coefficient (Wildman–Crippen LogP) is 4.21. The molecule has 0 aliphatic rings. The molecule has 0 aromatic heterocycles. The van der Waals surface area contributed by atoms with Crippen LogP contribution in [0.3, 0.4) is 0 Å². The molecule has 1 rings (SSSR count). The molecule has 0 fully saturated rings. The molecule has 0 amide bonds. The van der Waals surface area contributed by atoms with E-state index in [-0.39, 0.29) is 11.4 Å². The van der Waals surface area contributed by atoms with Crippen molar-refractivity contribution in [1.29, 1.82) is 0 Å². The normalized spacial score (nSPS) is 11.5. The molecule has 0 aliphatic heterocycles. The number of unbranched alkanes of at least 4 members (excludes halogenated alkanes) is 1. The third kappa shape index (κ3) is 9.70. The van der Waals surface area contributed by atoms with Gasteiger partial charge in [0.2, 0.25) is 0 Å². The second kappa shape index (κ2) is 9.94. The third-order valence-corrected chi connectivity index (χ3v) is 2.17. The summed E-state index contributed by atoms with van der Waals surface area (Å²) in [6.07, 6.45) is 3.31. The van der Waals surface area contributed by atoms with E-state index in [4.69, 9.17) is 16.3 Å². The standard InChI is InChI=1S/C6H13ClO.C6H5F/c1-3-4-5-6(7)8-2;7-6-4-2-1-3-5-6/h6H,3-5H2,1-2H3;1-5H. The van der Waals surface area contributed by atoms with Crippen LogP contribution in [0.5, 0.6) is 0 Å². The number of halogens is 2. The molecule has 86 valence electrons. The zero-order chi connectivity index (χ0) is 11.5. The van der Waals surface area contributed by atoms with Crippen molar-refractivity contribution in [2.24, 2.45) is 0 Å². The monoisotopic (exact) mass is 232 g/mol. The van der Waals surface area contributed by atoms with Gasteiger partial charge in [-0.05, 0) is 25.0 Å². The maximum absolute atomic E-state index is 11.9. The van der Waals surface area contributed by atoms with Crippen LogP contribution in [0.15, 0.2) is 30.3 Å². The lowest BCUT2D eigenvalue weighted by Crippen LogP contribution is -1.99. The van der Waals surface area contributed by atoms with Crippen LogP contribution in [0.1, 0.15) is 26.2 Å². The first-order valence-electron chi connectivity index (χ1n) is 5.08. The Bertz CT molecular complexity index is 228. The smallest absolute Gasteiger partial charge is 0.130 e. The fraction of sp³-hybridized carbons (Fsp3) is 0.500. The van der Waals surface area contributed by atoms with Crippen molar-refractivity contribution < 1.29 is 9.13 Å². The van der Waals surface area contributed by atoms with Gasteiger partial charge in [-0.2, -0.15) is 0 Å². The molecule has 15 heavy (non-hydrogen) atoms. The molecule has 0 bridgehead atoms. The van der Waals surface area contributed by atoms with Crippen molar-refractivity contribution in [3.8, 4) is 0 Å². The summed E-state index contributed by atoms with van der Waals surface area (Å²) in [5, 5.41) is 0. The first-order chi connectivity index (χ1) is 7.20. The Kier molecular flexibility index (Phi) is 9.54. The van der Waals surface area contributed by atoms with Crippen LogP contribution in [0.4, 0.5) is 4.39 Å². The van der Waals surface area contributed by atoms with E-state index in [9.17, 15) is 4.39 Å². The van der Waals surface area contributed by atoms with Gasteiger partial charge in [0.15, 0.2) is 0 Å². The Morgan fingerprint density at radius 3 is 2.27 bits per heavy atom.